The summed E-state index contributed by atoms with van der Waals surface area (Å²) in [6.07, 6.45) is 0.941. The summed E-state index contributed by atoms with van der Waals surface area (Å²) >= 11 is 0. The molecule has 0 unspecified atom stereocenters. The summed E-state index contributed by atoms with van der Waals surface area (Å²) in [7, 11) is 1.91. The highest BCUT2D eigenvalue weighted by Gasteiger charge is 2.13. The Hall–Kier alpha value is -1.39. The molecule has 17 heavy (non-hydrogen) atoms. The number of benzene rings is 1. The van der Waals surface area contributed by atoms with Gasteiger partial charge in [0.2, 0.25) is 0 Å². The molecule has 0 aromatic heterocycles. The van der Waals surface area contributed by atoms with Gasteiger partial charge in [-0.25, -0.2) is 0 Å². The van der Waals surface area contributed by atoms with E-state index < -0.39 is 0 Å². The zero-order chi connectivity index (χ0) is 12.1. The molecule has 1 aromatic carbocycles. The van der Waals surface area contributed by atoms with E-state index in [1.807, 2.05) is 25.2 Å². The van der Waals surface area contributed by atoms with Crippen molar-refractivity contribution in [1.29, 1.82) is 0 Å². The van der Waals surface area contributed by atoms with Crippen LogP contribution in [-0.2, 0) is 18.0 Å². The molecule has 1 heterocycles. The first-order chi connectivity index (χ1) is 8.31. The molecule has 2 rings (SSSR count). The highest BCUT2D eigenvalue weighted by Crippen LogP contribution is 2.20. The van der Waals surface area contributed by atoms with E-state index in [0.717, 1.165) is 24.1 Å². The van der Waals surface area contributed by atoms with Crippen molar-refractivity contribution >= 4 is 5.91 Å². The molecule has 1 amide bonds. The Bertz CT molecular complexity index is 404. The summed E-state index contributed by atoms with van der Waals surface area (Å²) in [6.45, 7) is 2.90. The lowest BCUT2D eigenvalue weighted by molar-refractivity contribution is 0.0953. The second-order valence-electron chi connectivity index (χ2n) is 4.19. The lowest BCUT2D eigenvalue weighted by Crippen LogP contribution is -2.26. The molecule has 4 heteroatoms. The van der Waals surface area contributed by atoms with Crippen LogP contribution in [0.2, 0.25) is 0 Å². The maximum absolute atomic E-state index is 11.8. The maximum Gasteiger partial charge on any atom is 0.251 e. The van der Waals surface area contributed by atoms with E-state index in [9.17, 15) is 4.79 Å². The van der Waals surface area contributed by atoms with Gasteiger partial charge in [0.05, 0.1) is 13.2 Å². The number of hydrogen-bond donors (Lipinski definition) is 2. The van der Waals surface area contributed by atoms with E-state index in [1.54, 1.807) is 0 Å². The van der Waals surface area contributed by atoms with Crippen LogP contribution in [0.4, 0.5) is 0 Å². The zero-order valence-corrected chi connectivity index (χ0v) is 10.1. The maximum atomic E-state index is 11.8. The monoisotopic (exact) mass is 234 g/mol. The zero-order valence-electron chi connectivity index (χ0n) is 10.1. The Labute approximate surface area is 101 Å². The molecule has 0 radical (unpaired) electrons. The van der Waals surface area contributed by atoms with Crippen LogP contribution in [0, 0.1) is 0 Å². The summed E-state index contributed by atoms with van der Waals surface area (Å²) in [5, 5.41) is 5.95. The Morgan fingerprint density at radius 1 is 1.29 bits per heavy atom. The van der Waals surface area contributed by atoms with Crippen molar-refractivity contribution < 1.29 is 9.53 Å². The van der Waals surface area contributed by atoms with Crippen LogP contribution in [-0.4, -0.2) is 26.0 Å². The van der Waals surface area contributed by atoms with Crippen LogP contribution >= 0.6 is 0 Å². The highest BCUT2D eigenvalue weighted by atomic mass is 16.5. The summed E-state index contributed by atoms with van der Waals surface area (Å²) in [4.78, 5) is 11.8. The number of nitrogens with one attached hydrogen (secondary N) is 2. The largest absolute Gasteiger partial charge is 0.372 e. The minimum absolute atomic E-state index is 0.00389. The second kappa shape index (κ2) is 5.80. The standard InChI is InChI=1S/C13H18N2O2/c1-14-5-2-6-15-13(16)10-3-4-11-8-17-9-12(11)7-10/h3-4,7,14H,2,5-6,8-9H2,1H3,(H,15,16). The van der Waals surface area contributed by atoms with Crippen molar-refractivity contribution in [2.45, 2.75) is 19.6 Å². The van der Waals surface area contributed by atoms with E-state index in [4.69, 9.17) is 4.74 Å². The lowest BCUT2D eigenvalue weighted by atomic mass is 10.1. The van der Waals surface area contributed by atoms with Gasteiger partial charge in [-0.2, -0.15) is 0 Å². The van der Waals surface area contributed by atoms with Gasteiger partial charge in [0, 0.05) is 12.1 Å². The van der Waals surface area contributed by atoms with Crippen molar-refractivity contribution in [3.05, 3.63) is 34.9 Å². The van der Waals surface area contributed by atoms with Gasteiger partial charge in [-0.15, -0.1) is 0 Å². The first kappa shape index (κ1) is 12.1. The Kier molecular flexibility index (Phi) is 4.12. The molecule has 0 spiro atoms. The Balaban J connectivity index is 1.91. The summed E-state index contributed by atoms with van der Waals surface area (Å²) in [5.74, 6) is -0.00389. The van der Waals surface area contributed by atoms with Crippen LogP contribution in [0.5, 0.6) is 0 Å². The van der Waals surface area contributed by atoms with E-state index in [1.165, 1.54) is 5.56 Å². The van der Waals surface area contributed by atoms with Crippen molar-refractivity contribution in [3.63, 3.8) is 0 Å². The third-order valence-electron chi connectivity index (χ3n) is 2.87. The van der Waals surface area contributed by atoms with E-state index in [-0.39, 0.29) is 5.91 Å². The average molecular weight is 234 g/mol. The smallest absolute Gasteiger partial charge is 0.251 e. The fourth-order valence-corrected chi connectivity index (χ4v) is 1.88. The molecule has 1 aliphatic rings. The van der Waals surface area contributed by atoms with Gasteiger partial charge in [-0.1, -0.05) is 6.07 Å². The molecule has 0 aliphatic carbocycles. The number of amides is 1. The average Bonchev–Trinajstić information content (AvgIpc) is 2.81. The molecule has 0 bridgehead atoms. The molecule has 4 nitrogen and oxygen atoms in total. The minimum atomic E-state index is -0.00389. The van der Waals surface area contributed by atoms with Crippen LogP contribution in [0.25, 0.3) is 0 Å². The summed E-state index contributed by atoms with van der Waals surface area (Å²) in [5.41, 5.74) is 3.04. The number of carbonyl (C=O) groups is 1. The molecule has 1 aromatic rings. The molecule has 0 atom stereocenters. The second-order valence-corrected chi connectivity index (χ2v) is 4.19. The number of ether oxygens (including phenoxy) is 1. The third kappa shape index (κ3) is 3.05. The first-order valence-electron chi connectivity index (χ1n) is 5.93. The van der Waals surface area contributed by atoms with Crippen molar-refractivity contribution in [1.82, 2.24) is 10.6 Å². The van der Waals surface area contributed by atoms with Gasteiger partial charge in [-0.05, 0) is 43.3 Å². The quantitative estimate of drug-likeness (QED) is 0.749. The number of carbonyl (C=O) groups excluding carboxylic acids is 1. The normalized spacial score (nSPS) is 13.5. The van der Waals surface area contributed by atoms with Crippen molar-refractivity contribution in [2.24, 2.45) is 0 Å². The Morgan fingerprint density at radius 2 is 2.12 bits per heavy atom. The van der Waals surface area contributed by atoms with Crippen LogP contribution in [0.3, 0.4) is 0 Å². The molecule has 1 aliphatic heterocycles. The van der Waals surface area contributed by atoms with Gasteiger partial charge >= 0.3 is 0 Å². The van der Waals surface area contributed by atoms with Gasteiger partial charge in [0.15, 0.2) is 0 Å². The van der Waals surface area contributed by atoms with Gasteiger partial charge in [0.1, 0.15) is 0 Å². The van der Waals surface area contributed by atoms with E-state index in [2.05, 4.69) is 10.6 Å². The topological polar surface area (TPSA) is 50.4 Å². The van der Waals surface area contributed by atoms with Gasteiger partial charge in [-0.3, -0.25) is 4.79 Å². The van der Waals surface area contributed by atoms with Crippen LogP contribution < -0.4 is 10.6 Å². The molecule has 0 fully saturated rings. The first-order valence-corrected chi connectivity index (χ1v) is 5.93. The molecular formula is C13H18N2O2. The minimum Gasteiger partial charge on any atom is -0.372 e. The van der Waals surface area contributed by atoms with Crippen LogP contribution in [0.15, 0.2) is 18.2 Å². The summed E-state index contributed by atoms with van der Waals surface area (Å²) in [6, 6.07) is 5.77. The SMILES string of the molecule is CNCCCNC(=O)c1ccc2c(c1)COC2. The van der Waals surface area contributed by atoms with Crippen molar-refractivity contribution in [3.8, 4) is 0 Å². The molecule has 0 saturated heterocycles. The molecule has 0 saturated carbocycles. The van der Waals surface area contributed by atoms with Gasteiger partial charge < -0.3 is 15.4 Å². The predicted molar refractivity (Wildman–Crippen MR) is 65.8 cm³/mol. The highest BCUT2D eigenvalue weighted by molar-refractivity contribution is 5.94. The molecular weight excluding hydrogens is 216 g/mol. The third-order valence-corrected chi connectivity index (χ3v) is 2.87. The number of rotatable bonds is 5. The molecule has 92 valence electrons. The predicted octanol–water partition coefficient (Wildman–Crippen LogP) is 1.06. The Morgan fingerprint density at radius 3 is 2.94 bits per heavy atom. The molecule has 2 N–H and O–H groups in total. The van der Waals surface area contributed by atoms with Crippen molar-refractivity contribution in [2.75, 3.05) is 20.1 Å². The number of hydrogen-bond acceptors (Lipinski definition) is 3. The lowest BCUT2D eigenvalue weighted by Gasteiger charge is -2.06. The number of fused-ring (bicyclic) bond motifs is 1. The summed E-state index contributed by atoms with van der Waals surface area (Å²) < 4.78 is 5.32. The van der Waals surface area contributed by atoms with Gasteiger partial charge in [0.25, 0.3) is 5.91 Å². The van der Waals surface area contributed by atoms with E-state index in [0.29, 0.717) is 19.8 Å². The van der Waals surface area contributed by atoms with E-state index >= 15 is 0 Å². The fraction of sp³-hybridized carbons (Fsp3) is 0.462. The fourth-order valence-electron chi connectivity index (χ4n) is 1.88. The van der Waals surface area contributed by atoms with Crippen LogP contribution in [0.1, 0.15) is 27.9 Å².